The average Bonchev–Trinajstić information content (AvgIpc) is 3.79. The van der Waals surface area contributed by atoms with Crippen LogP contribution in [0.2, 0.25) is 0 Å². The molecule has 54 heavy (non-hydrogen) atoms. The SMILES string of the molecule is CC1(C)c2ccccc2-c2ccc(N(Cc3cccc4c3C3(c5ccccc5-c5ccccc53)c3ccccc3-4)c3ccc(-c4ccccc4)cc3)cc21. The summed E-state index contributed by atoms with van der Waals surface area (Å²) in [6, 6.07) is 70.3. The number of nitrogens with zero attached hydrogens (tertiary/aromatic N) is 1. The van der Waals surface area contributed by atoms with Crippen molar-refractivity contribution in [1.82, 2.24) is 0 Å². The number of rotatable bonds is 5. The van der Waals surface area contributed by atoms with Gasteiger partial charge >= 0.3 is 0 Å². The average molecular weight is 690 g/mol. The molecule has 1 spiro atoms. The van der Waals surface area contributed by atoms with Crippen molar-refractivity contribution in [3.8, 4) is 44.5 Å². The van der Waals surface area contributed by atoms with Gasteiger partial charge in [-0.05, 0) is 108 Å². The molecular formula is C53H39N. The predicted molar refractivity (Wildman–Crippen MR) is 224 cm³/mol. The van der Waals surface area contributed by atoms with E-state index in [1.165, 1.54) is 94.8 Å². The Morgan fingerprint density at radius 2 is 0.833 bits per heavy atom. The summed E-state index contributed by atoms with van der Waals surface area (Å²) in [6.07, 6.45) is 0. The fourth-order valence-electron chi connectivity index (χ4n) is 10.2. The maximum atomic E-state index is 2.55. The Labute approximate surface area is 317 Å². The lowest BCUT2D eigenvalue weighted by Gasteiger charge is -2.34. The third-order valence-corrected chi connectivity index (χ3v) is 12.6. The van der Waals surface area contributed by atoms with Crippen LogP contribution < -0.4 is 4.90 Å². The molecule has 11 rings (SSSR count). The molecule has 0 bridgehead atoms. The van der Waals surface area contributed by atoms with E-state index in [4.69, 9.17) is 0 Å². The lowest BCUT2D eigenvalue weighted by molar-refractivity contribution is 0.660. The van der Waals surface area contributed by atoms with Crippen LogP contribution in [0.15, 0.2) is 188 Å². The number of hydrogen-bond acceptors (Lipinski definition) is 1. The van der Waals surface area contributed by atoms with Gasteiger partial charge in [0.2, 0.25) is 0 Å². The zero-order chi connectivity index (χ0) is 36.0. The molecule has 8 aromatic rings. The van der Waals surface area contributed by atoms with Crippen molar-refractivity contribution in [2.24, 2.45) is 0 Å². The highest BCUT2D eigenvalue weighted by molar-refractivity contribution is 5.96. The zero-order valence-corrected chi connectivity index (χ0v) is 30.6. The summed E-state index contributed by atoms with van der Waals surface area (Å²) in [5.41, 5.74) is 22.0. The summed E-state index contributed by atoms with van der Waals surface area (Å²) in [5.74, 6) is 0. The van der Waals surface area contributed by atoms with E-state index >= 15 is 0 Å². The van der Waals surface area contributed by atoms with Crippen molar-refractivity contribution >= 4 is 11.4 Å². The molecule has 0 unspecified atom stereocenters. The van der Waals surface area contributed by atoms with E-state index in [2.05, 4.69) is 207 Å². The Morgan fingerprint density at radius 3 is 1.46 bits per heavy atom. The highest BCUT2D eigenvalue weighted by atomic mass is 15.1. The second-order valence-corrected chi connectivity index (χ2v) is 15.6. The van der Waals surface area contributed by atoms with E-state index < -0.39 is 5.41 Å². The number of anilines is 2. The first-order valence-electron chi connectivity index (χ1n) is 19.1. The number of fused-ring (bicyclic) bond motifs is 13. The van der Waals surface area contributed by atoms with Crippen molar-refractivity contribution in [3.05, 3.63) is 227 Å². The van der Waals surface area contributed by atoms with E-state index in [-0.39, 0.29) is 5.41 Å². The van der Waals surface area contributed by atoms with Gasteiger partial charge in [-0.2, -0.15) is 0 Å². The Morgan fingerprint density at radius 1 is 0.370 bits per heavy atom. The van der Waals surface area contributed by atoms with Gasteiger partial charge in [0.15, 0.2) is 0 Å². The minimum atomic E-state index is -0.403. The summed E-state index contributed by atoms with van der Waals surface area (Å²) >= 11 is 0. The third kappa shape index (κ3) is 4.21. The second-order valence-electron chi connectivity index (χ2n) is 15.6. The summed E-state index contributed by atoms with van der Waals surface area (Å²) in [6.45, 7) is 5.47. The van der Waals surface area contributed by atoms with Crippen LogP contribution in [0.5, 0.6) is 0 Å². The monoisotopic (exact) mass is 689 g/mol. The maximum Gasteiger partial charge on any atom is 0.0728 e. The second kappa shape index (κ2) is 11.5. The van der Waals surface area contributed by atoms with Crippen LogP contribution in [0.1, 0.15) is 52.8 Å². The molecular weight excluding hydrogens is 651 g/mol. The van der Waals surface area contributed by atoms with Crippen molar-refractivity contribution in [1.29, 1.82) is 0 Å². The van der Waals surface area contributed by atoms with Gasteiger partial charge in [-0.1, -0.05) is 178 Å². The molecule has 0 amide bonds. The van der Waals surface area contributed by atoms with Crippen LogP contribution >= 0.6 is 0 Å². The molecule has 0 aromatic heterocycles. The van der Waals surface area contributed by atoms with Gasteiger partial charge in [0, 0.05) is 23.3 Å². The van der Waals surface area contributed by atoms with E-state index in [0.717, 1.165) is 6.54 Å². The van der Waals surface area contributed by atoms with Gasteiger partial charge < -0.3 is 4.90 Å². The minimum absolute atomic E-state index is 0.0955. The van der Waals surface area contributed by atoms with Crippen molar-refractivity contribution in [2.45, 2.75) is 31.2 Å². The Bertz CT molecular complexity index is 2710. The van der Waals surface area contributed by atoms with E-state index in [1.54, 1.807) is 0 Å². The Hall–Kier alpha value is -6.44. The van der Waals surface area contributed by atoms with Gasteiger partial charge in [0.25, 0.3) is 0 Å². The first-order chi connectivity index (χ1) is 26.5. The molecule has 1 heteroatoms. The molecule has 3 aliphatic carbocycles. The van der Waals surface area contributed by atoms with Crippen LogP contribution in [0.25, 0.3) is 44.5 Å². The topological polar surface area (TPSA) is 3.24 Å². The van der Waals surface area contributed by atoms with Crippen molar-refractivity contribution in [2.75, 3.05) is 4.90 Å². The van der Waals surface area contributed by atoms with Gasteiger partial charge in [-0.15, -0.1) is 0 Å². The van der Waals surface area contributed by atoms with E-state index in [0.29, 0.717) is 0 Å². The van der Waals surface area contributed by atoms with Crippen molar-refractivity contribution in [3.63, 3.8) is 0 Å². The summed E-state index contributed by atoms with van der Waals surface area (Å²) in [7, 11) is 0. The maximum absolute atomic E-state index is 2.55. The van der Waals surface area contributed by atoms with Crippen LogP contribution in [-0.4, -0.2) is 0 Å². The lowest BCUT2D eigenvalue weighted by atomic mass is 9.69. The lowest BCUT2D eigenvalue weighted by Crippen LogP contribution is -2.29. The minimum Gasteiger partial charge on any atom is -0.337 e. The molecule has 0 radical (unpaired) electrons. The van der Waals surface area contributed by atoms with Gasteiger partial charge in [-0.25, -0.2) is 0 Å². The molecule has 0 fully saturated rings. The molecule has 0 heterocycles. The summed E-state index contributed by atoms with van der Waals surface area (Å²) < 4.78 is 0. The van der Waals surface area contributed by atoms with Crippen molar-refractivity contribution < 1.29 is 0 Å². The molecule has 0 N–H and O–H groups in total. The number of hydrogen-bond donors (Lipinski definition) is 0. The molecule has 256 valence electrons. The molecule has 0 atom stereocenters. The molecule has 0 saturated carbocycles. The van der Waals surface area contributed by atoms with Crippen LogP contribution in [0.3, 0.4) is 0 Å². The van der Waals surface area contributed by atoms with Gasteiger partial charge in [-0.3, -0.25) is 0 Å². The molecule has 0 aliphatic heterocycles. The van der Waals surface area contributed by atoms with Crippen LogP contribution in [-0.2, 0) is 17.4 Å². The van der Waals surface area contributed by atoms with Gasteiger partial charge in [0.05, 0.1) is 5.41 Å². The van der Waals surface area contributed by atoms with Crippen LogP contribution in [0.4, 0.5) is 11.4 Å². The smallest absolute Gasteiger partial charge is 0.0728 e. The van der Waals surface area contributed by atoms with E-state index in [9.17, 15) is 0 Å². The highest BCUT2D eigenvalue weighted by Crippen LogP contribution is 2.63. The molecule has 0 saturated heterocycles. The summed E-state index contributed by atoms with van der Waals surface area (Å²) in [5, 5.41) is 0. The number of benzene rings is 8. The Kier molecular flexibility index (Phi) is 6.64. The van der Waals surface area contributed by atoms with E-state index in [1.807, 2.05) is 0 Å². The van der Waals surface area contributed by atoms with Gasteiger partial charge in [0.1, 0.15) is 0 Å². The molecule has 1 nitrogen and oxygen atoms in total. The molecule has 3 aliphatic rings. The quantitative estimate of drug-likeness (QED) is 0.174. The standard InChI is InChI=1S/C53H39N/c1-52(2)46-23-10-6-18-40(46)44-32-31-39(33-50(44)52)54(38-29-27-36(28-30-38)35-15-4-3-5-16-35)34-37-17-14-22-45-43-21-9-13-26-49(43)53(51(37)45)47-24-11-7-19-41(47)42-20-8-12-25-48(42)53/h3-33H,34H2,1-2H3. The fourth-order valence-corrected chi connectivity index (χ4v) is 10.2. The van der Waals surface area contributed by atoms with Crippen LogP contribution in [0, 0.1) is 0 Å². The highest BCUT2D eigenvalue weighted by Gasteiger charge is 2.52. The first kappa shape index (κ1) is 31.1. The fraction of sp³-hybridized carbons (Fsp3) is 0.0943. The predicted octanol–water partition coefficient (Wildman–Crippen LogP) is 13.3. The normalized spacial score (nSPS) is 14.5. The zero-order valence-electron chi connectivity index (χ0n) is 30.6. The Balaban J connectivity index is 1.13. The molecule has 8 aromatic carbocycles. The first-order valence-corrected chi connectivity index (χ1v) is 19.1. The summed E-state index contributed by atoms with van der Waals surface area (Å²) in [4.78, 5) is 2.55. The third-order valence-electron chi connectivity index (χ3n) is 12.6. The largest absolute Gasteiger partial charge is 0.337 e.